The van der Waals surface area contributed by atoms with E-state index in [0.29, 0.717) is 0 Å². The average Bonchev–Trinajstić information content (AvgIpc) is 3.12. The molecule has 0 amide bonds. The molecule has 0 spiro atoms. The highest BCUT2D eigenvalue weighted by atomic mass is 15.5. The summed E-state index contributed by atoms with van der Waals surface area (Å²) in [6.45, 7) is 4.78. The van der Waals surface area contributed by atoms with Crippen molar-refractivity contribution >= 4 is 0 Å². The maximum Gasteiger partial charge on any atom is 0.0271 e. The molecule has 1 N–H and O–H groups in total. The summed E-state index contributed by atoms with van der Waals surface area (Å²) < 4.78 is 0. The van der Waals surface area contributed by atoms with Crippen molar-refractivity contribution in [1.82, 2.24) is 10.4 Å². The van der Waals surface area contributed by atoms with Crippen molar-refractivity contribution in [3.05, 3.63) is 0 Å². The summed E-state index contributed by atoms with van der Waals surface area (Å²) in [5.41, 5.74) is 3.91. The average molecular weight is 222 g/mol. The fourth-order valence-corrected chi connectivity index (χ4v) is 3.35. The zero-order valence-electron chi connectivity index (χ0n) is 10.8. The second kappa shape index (κ2) is 4.30. The largest absolute Gasteiger partial charge is 0.251 e. The Kier molecular flexibility index (Phi) is 2.97. The van der Waals surface area contributed by atoms with Gasteiger partial charge in [0.25, 0.3) is 0 Å². The van der Waals surface area contributed by atoms with Gasteiger partial charge in [-0.15, -0.1) is 0 Å². The Balaban J connectivity index is 1.61. The van der Waals surface area contributed by atoms with Crippen molar-refractivity contribution in [3.8, 4) is 0 Å². The van der Waals surface area contributed by atoms with E-state index in [2.05, 4.69) is 24.3 Å². The van der Waals surface area contributed by atoms with Crippen LogP contribution in [0.25, 0.3) is 0 Å². The third kappa shape index (κ3) is 2.28. The van der Waals surface area contributed by atoms with Gasteiger partial charge in [0.2, 0.25) is 0 Å². The van der Waals surface area contributed by atoms with Crippen molar-refractivity contribution in [3.63, 3.8) is 0 Å². The SMILES string of the molecule is CC1CCCC(C)N1NC(C1CC1)C1CC1. The molecular formula is C14H26N2. The third-order valence-electron chi connectivity index (χ3n) is 4.75. The number of nitrogens with zero attached hydrogens (tertiary/aromatic N) is 1. The van der Waals surface area contributed by atoms with Crippen LogP contribution in [0, 0.1) is 11.8 Å². The van der Waals surface area contributed by atoms with E-state index in [1.165, 1.54) is 44.9 Å². The predicted molar refractivity (Wildman–Crippen MR) is 67.0 cm³/mol. The molecule has 3 aliphatic rings. The summed E-state index contributed by atoms with van der Waals surface area (Å²) in [5.74, 6) is 2.02. The number of hydrogen-bond donors (Lipinski definition) is 1. The molecule has 2 heteroatoms. The predicted octanol–water partition coefficient (Wildman–Crippen LogP) is 2.94. The van der Waals surface area contributed by atoms with Gasteiger partial charge in [0.1, 0.15) is 0 Å². The monoisotopic (exact) mass is 222 g/mol. The molecule has 3 fully saturated rings. The van der Waals surface area contributed by atoms with Crippen LogP contribution in [0.2, 0.25) is 0 Å². The Labute approximate surface area is 99.7 Å². The molecule has 2 saturated carbocycles. The first kappa shape index (κ1) is 11.0. The molecule has 1 aliphatic heterocycles. The van der Waals surface area contributed by atoms with Gasteiger partial charge in [-0.25, -0.2) is 5.01 Å². The van der Waals surface area contributed by atoms with Crippen molar-refractivity contribution < 1.29 is 0 Å². The Hall–Kier alpha value is -0.0800. The molecule has 0 aromatic heterocycles. The van der Waals surface area contributed by atoms with Gasteiger partial charge in [-0.3, -0.25) is 5.43 Å². The molecule has 16 heavy (non-hydrogen) atoms. The fraction of sp³-hybridized carbons (Fsp3) is 1.00. The first-order chi connectivity index (χ1) is 7.75. The van der Waals surface area contributed by atoms with Crippen molar-refractivity contribution in [2.24, 2.45) is 11.8 Å². The normalized spacial score (nSPS) is 36.9. The molecule has 2 unspecified atom stereocenters. The van der Waals surface area contributed by atoms with Gasteiger partial charge in [-0.1, -0.05) is 6.42 Å². The summed E-state index contributed by atoms with van der Waals surface area (Å²) in [5, 5.41) is 2.59. The topological polar surface area (TPSA) is 15.3 Å². The molecule has 0 bridgehead atoms. The van der Waals surface area contributed by atoms with Gasteiger partial charge < -0.3 is 0 Å². The molecule has 0 radical (unpaired) electrons. The molecule has 1 heterocycles. The van der Waals surface area contributed by atoms with Crippen molar-refractivity contribution in [2.45, 2.75) is 76.9 Å². The summed E-state index contributed by atoms with van der Waals surface area (Å²) in [4.78, 5) is 0. The van der Waals surface area contributed by atoms with Crippen LogP contribution in [0.15, 0.2) is 0 Å². The van der Waals surface area contributed by atoms with E-state index in [4.69, 9.17) is 0 Å². The number of hydrogen-bond acceptors (Lipinski definition) is 2. The summed E-state index contributed by atoms with van der Waals surface area (Å²) in [6.07, 6.45) is 10.1. The van der Waals surface area contributed by atoms with Crippen molar-refractivity contribution in [1.29, 1.82) is 0 Å². The smallest absolute Gasteiger partial charge is 0.0271 e. The zero-order valence-corrected chi connectivity index (χ0v) is 10.8. The van der Waals surface area contributed by atoms with Crippen molar-refractivity contribution in [2.75, 3.05) is 0 Å². The fourth-order valence-electron chi connectivity index (χ4n) is 3.35. The van der Waals surface area contributed by atoms with Gasteiger partial charge in [0, 0.05) is 18.1 Å². The van der Waals surface area contributed by atoms with Gasteiger partial charge in [-0.2, -0.15) is 0 Å². The summed E-state index contributed by atoms with van der Waals surface area (Å²) in [7, 11) is 0. The van der Waals surface area contributed by atoms with Crippen LogP contribution >= 0.6 is 0 Å². The third-order valence-corrected chi connectivity index (χ3v) is 4.75. The number of piperidine rings is 1. The second-order valence-electron chi connectivity index (χ2n) is 6.37. The van der Waals surface area contributed by atoms with Crippen LogP contribution in [0.3, 0.4) is 0 Å². The van der Waals surface area contributed by atoms with Crippen LogP contribution in [-0.4, -0.2) is 23.1 Å². The van der Waals surface area contributed by atoms with E-state index >= 15 is 0 Å². The standard InChI is InChI=1S/C14H26N2/c1-10-4-3-5-11(2)16(10)15-14(12-6-7-12)13-8-9-13/h10-15H,3-9H2,1-2H3. The lowest BCUT2D eigenvalue weighted by atomic mass is 9.99. The Morgan fingerprint density at radius 1 is 0.875 bits per heavy atom. The van der Waals surface area contributed by atoms with E-state index in [1.54, 1.807) is 0 Å². The number of hydrazine groups is 1. The minimum Gasteiger partial charge on any atom is -0.251 e. The molecular weight excluding hydrogens is 196 g/mol. The summed E-state index contributed by atoms with van der Waals surface area (Å²) >= 11 is 0. The van der Waals surface area contributed by atoms with Crippen LogP contribution in [0.5, 0.6) is 0 Å². The highest BCUT2D eigenvalue weighted by Gasteiger charge is 2.43. The number of nitrogens with one attached hydrogen (secondary N) is 1. The zero-order chi connectivity index (χ0) is 11.1. The lowest BCUT2D eigenvalue weighted by Crippen LogP contribution is -2.56. The van der Waals surface area contributed by atoms with Crippen LogP contribution < -0.4 is 5.43 Å². The Bertz CT molecular complexity index is 223. The highest BCUT2D eigenvalue weighted by Crippen LogP contribution is 2.45. The van der Waals surface area contributed by atoms with Crippen LogP contribution in [-0.2, 0) is 0 Å². The molecule has 92 valence electrons. The lowest BCUT2D eigenvalue weighted by molar-refractivity contribution is 0.0214. The molecule has 3 rings (SSSR count). The molecule has 2 atom stereocenters. The van der Waals surface area contributed by atoms with Gasteiger partial charge in [0.05, 0.1) is 0 Å². The minimum atomic E-state index is 0.740. The Morgan fingerprint density at radius 2 is 1.38 bits per heavy atom. The van der Waals surface area contributed by atoms with Gasteiger partial charge in [0.15, 0.2) is 0 Å². The highest BCUT2D eigenvalue weighted by molar-refractivity contribution is 4.96. The minimum absolute atomic E-state index is 0.740. The number of rotatable bonds is 4. The van der Waals surface area contributed by atoms with E-state index in [1.807, 2.05) is 0 Å². The maximum atomic E-state index is 3.91. The van der Waals surface area contributed by atoms with E-state index in [9.17, 15) is 0 Å². The quantitative estimate of drug-likeness (QED) is 0.787. The second-order valence-corrected chi connectivity index (χ2v) is 6.37. The van der Waals surface area contributed by atoms with E-state index in [0.717, 1.165) is 30.0 Å². The summed E-state index contributed by atoms with van der Waals surface area (Å²) in [6, 6.07) is 2.30. The first-order valence-electron chi connectivity index (χ1n) is 7.30. The van der Waals surface area contributed by atoms with E-state index < -0.39 is 0 Å². The molecule has 2 aliphatic carbocycles. The lowest BCUT2D eigenvalue weighted by Gasteiger charge is -2.41. The molecule has 1 saturated heterocycles. The Morgan fingerprint density at radius 3 is 1.81 bits per heavy atom. The van der Waals surface area contributed by atoms with Crippen LogP contribution in [0.4, 0.5) is 0 Å². The van der Waals surface area contributed by atoms with Gasteiger partial charge in [-0.05, 0) is 64.2 Å². The van der Waals surface area contributed by atoms with E-state index in [-0.39, 0.29) is 0 Å². The molecule has 2 nitrogen and oxygen atoms in total. The molecule has 0 aromatic carbocycles. The van der Waals surface area contributed by atoms with Gasteiger partial charge >= 0.3 is 0 Å². The molecule has 0 aromatic rings. The maximum absolute atomic E-state index is 3.91. The first-order valence-corrected chi connectivity index (χ1v) is 7.30. The van der Waals surface area contributed by atoms with Crippen LogP contribution in [0.1, 0.15) is 58.8 Å².